The lowest BCUT2D eigenvalue weighted by molar-refractivity contribution is 0.0740. The van der Waals surface area contributed by atoms with Gasteiger partial charge in [-0.3, -0.25) is 4.79 Å². The number of aromatic nitrogens is 1. The van der Waals surface area contributed by atoms with E-state index in [-0.39, 0.29) is 5.91 Å². The Hall–Kier alpha value is -1.65. The van der Waals surface area contributed by atoms with Crippen molar-refractivity contribution in [2.24, 2.45) is 11.8 Å². The number of nitrogens with one attached hydrogen (secondary N) is 1. The third-order valence-corrected chi connectivity index (χ3v) is 3.02. The van der Waals surface area contributed by atoms with E-state index in [0.29, 0.717) is 41.3 Å². The van der Waals surface area contributed by atoms with Crippen LogP contribution < -0.4 is 11.3 Å². The molecular weight excluding hydrogens is 322 g/mol. The Morgan fingerprint density at radius 3 is 2.90 bits per heavy atom. The fourth-order valence-electron chi connectivity index (χ4n) is 1.79. The van der Waals surface area contributed by atoms with E-state index >= 15 is 0 Å². The van der Waals surface area contributed by atoms with E-state index in [2.05, 4.69) is 32.4 Å². The van der Waals surface area contributed by atoms with Crippen LogP contribution in [0.2, 0.25) is 0 Å². The SMILES string of the molecule is CC(C)CN(CCC#N)C(=O)c1cc(Br)cnc1NN. The van der Waals surface area contributed by atoms with Gasteiger partial charge in [0.05, 0.1) is 18.1 Å². The maximum Gasteiger partial charge on any atom is 0.257 e. The zero-order valence-corrected chi connectivity index (χ0v) is 13.1. The van der Waals surface area contributed by atoms with E-state index in [1.54, 1.807) is 17.2 Å². The number of rotatable bonds is 6. The Balaban J connectivity index is 3.04. The van der Waals surface area contributed by atoms with Gasteiger partial charge in [-0.15, -0.1) is 0 Å². The maximum atomic E-state index is 12.6. The number of pyridine rings is 1. The van der Waals surface area contributed by atoms with Crippen LogP contribution in [0.1, 0.15) is 30.6 Å². The molecule has 1 aromatic rings. The van der Waals surface area contributed by atoms with Crippen LogP contribution in [-0.4, -0.2) is 28.9 Å². The normalized spacial score (nSPS) is 10.2. The fourth-order valence-corrected chi connectivity index (χ4v) is 2.12. The second-order valence-corrected chi connectivity index (χ2v) is 5.66. The first-order valence-corrected chi connectivity index (χ1v) is 7.07. The Labute approximate surface area is 127 Å². The molecule has 0 fully saturated rings. The molecule has 1 heterocycles. The summed E-state index contributed by atoms with van der Waals surface area (Å²) in [5, 5.41) is 8.71. The van der Waals surface area contributed by atoms with Crippen molar-refractivity contribution in [3.8, 4) is 6.07 Å². The minimum Gasteiger partial charge on any atom is -0.337 e. The lowest BCUT2D eigenvalue weighted by atomic mass is 10.1. The summed E-state index contributed by atoms with van der Waals surface area (Å²) in [5.41, 5.74) is 2.81. The van der Waals surface area contributed by atoms with Crippen molar-refractivity contribution < 1.29 is 4.79 Å². The maximum absolute atomic E-state index is 12.6. The summed E-state index contributed by atoms with van der Waals surface area (Å²) >= 11 is 3.29. The number of nitrogen functional groups attached to an aromatic ring is 1. The van der Waals surface area contributed by atoms with Gasteiger partial charge in [-0.2, -0.15) is 5.26 Å². The zero-order valence-electron chi connectivity index (χ0n) is 11.6. The van der Waals surface area contributed by atoms with E-state index in [0.717, 1.165) is 0 Å². The second-order valence-electron chi connectivity index (χ2n) is 4.75. The van der Waals surface area contributed by atoms with Crippen LogP contribution in [0.5, 0.6) is 0 Å². The monoisotopic (exact) mass is 339 g/mol. The number of carbonyl (C=O) groups is 1. The molecule has 0 saturated carbocycles. The fraction of sp³-hybridized carbons (Fsp3) is 0.462. The third-order valence-electron chi connectivity index (χ3n) is 2.59. The highest BCUT2D eigenvalue weighted by Crippen LogP contribution is 2.19. The van der Waals surface area contributed by atoms with Crippen molar-refractivity contribution >= 4 is 27.7 Å². The lowest BCUT2D eigenvalue weighted by Crippen LogP contribution is -2.35. The van der Waals surface area contributed by atoms with E-state index in [1.165, 1.54) is 0 Å². The molecule has 1 amide bonds. The molecule has 0 unspecified atom stereocenters. The van der Waals surface area contributed by atoms with Crippen molar-refractivity contribution in [2.45, 2.75) is 20.3 Å². The highest BCUT2D eigenvalue weighted by molar-refractivity contribution is 9.10. The van der Waals surface area contributed by atoms with Gasteiger partial charge in [0.2, 0.25) is 0 Å². The molecule has 0 spiro atoms. The van der Waals surface area contributed by atoms with Crippen LogP contribution in [0, 0.1) is 17.2 Å². The number of hydrogen-bond donors (Lipinski definition) is 2. The number of nitrogens with zero attached hydrogens (tertiary/aromatic N) is 3. The van der Waals surface area contributed by atoms with E-state index in [4.69, 9.17) is 11.1 Å². The number of amides is 1. The Morgan fingerprint density at radius 1 is 1.65 bits per heavy atom. The van der Waals surface area contributed by atoms with E-state index in [9.17, 15) is 4.79 Å². The van der Waals surface area contributed by atoms with Crippen LogP contribution in [0.15, 0.2) is 16.7 Å². The number of nitrogens with two attached hydrogens (primary N) is 1. The van der Waals surface area contributed by atoms with Crippen LogP contribution in [-0.2, 0) is 0 Å². The standard InChI is InChI=1S/C13H18BrN5O/c1-9(2)8-19(5-3-4-15)13(20)11-6-10(14)7-17-12(11)18-16/h6-7,9H,3,5,8,16H2,1-2H3,(H,17,18). The molecule has 0 aliphatic heterocycles. The second kappa shape index (κ2) is 7.82. The van der Waals surface area contributed by atoms with Gasteiger partial charge in [0.25, 0.3) is 5.91 Å². The number of hydrazine groups is 1. The summed E-state index contributed by atoms with van der Waals surface area (Å²) in [6, 6.07) is 3.73. The first-order chi connectivity index (χ1) is 9.49. The number of nitriles is 1. The number of hydrogen-bond acceptors (Lipinski definition) is 5. The molecule has 1 aromatic heterocycles. The van der Waals surface area contributed by atoms with E-state index < -0.39 is 0 Å². The van der Waals surface area contributed by atoms with Crippen molar-refractivity contribution in [2.75, 3.05) is 18.5 Å². The molecule has 0 saturated heterocycles. The minimum atomic E-state index is -0.185. The molecule has 108 valence electrons. The van der Waals surface area contributed by atoms with Crippen molar-refractivity contribution in [1.29, 1.82) is 5.26 Å². The largest absolute Gasteiger partial charge is 0.337 e. The Morgan fingerprint density at radius 2 is 2.35 bits per heavy atom. The summed E-state index contributed by atoms with van der Waals surface area (Å²) in [6.45, 7) is 5.02. The summed E-state index contributed by atoms with van der Waals surface area (Å²) in [5.74, 6) is 5.84. The molecule has 1 rings (SSSR count). The average molecular weight is 340 g/mol. The molecule has 20 heavy (non-hydrogen) atoms. The first kappa shape index (κ1) is 16.4. The quantitative estimate of drug-likeness (QED) is 0.611. The molecule has 0 radical (unpaired) electrons. The van der Waals surface area contributed by atoms with Gasteiger partial charge in [-0.1, -0.05) is 13.8 Å². The number of carbonyl (C=O) groups excluding carboxylic acids is 1. The first-order valence-electron chi connectivity index (χ1n) is 6.28. The van der Waals surface area contributed by atoms with Gasteiger partial charge in [0, 0.05) is 23.8 Å². The molecular formula is C13H18BrN5O. The molecule has 7 heteroatoms. The summed E-state index contributed by atoms with van der Waals surface area (Å²) < 4.78 is 0.699. The molecule has 0 bridgehead atoms. The van der Waals surface area contributed by atoms with Gasteiger partial charge in [0.1, 0.15) is 0 Å². The van der Waals surface area contributed by atoms with Crippen LogP contribution in [0.4, 0.5) is 5.82 Å². The lowest BCUT2D eigenvalue weighted by Gasteiger charge is -2.24. The predicted octanol–water partition coefficient (Wildman–Crippen LogP) is 2.14. The molecule has 0 aliphatic carbocycles. The van der Waals surface area contributed by atoms with Gasteiger partial charge < -0.3 is 10.3 Å². The van der Waals surface area contributed by atoms with Crippen LogP contribution >= 0.6 is 15.9 Å². The van der Waals surface area contributed by atoms with Crippen LogP contribution in [0.25, 0.3) is 0 Å². The number of halogens is 1. The molecule has 0 atom stereocenters. The highest BCUT2D eigenvalue weighted by Gasteiger charge is 2.20. The molecule has 3 N–H and O–H groups in total. The third kappa shape index (κ3) is 4.47. The van der Waals surface area contributed by atoms with E-state index in [1.807, 2.05) is 13.8 Å². The predicted molar refractivity (Wildman–Crippen MR) is 80.7 cm³/mol. The Bertz CT molecular complexity index is 512. The highest BCUT2D eigenvalue weighted by atomic mass is 79.9. The molecule has 0 aliphatic rings. The summed E-state index contributed by atoms with van der Waals surface area (Å²) in [4.78, 5) is 18.3. The van der Waals surface area contributed by atoms with Crippen molar-refractivity contribution in [1.82, 2.24) is 9.88 Å². The Kier molecular flexibility index (Phi) is 6.42. The van der Waals surface area contributed by atoms with Gasteiger partial charge in [-0.05, 0) is 27.9 Å². The van der Waals surface area contributed by atoms with Gasteiger partial charge in [0.15, 0.2) is 5.82 Å². The molecule has 0 aromatic carbocycles. The van der Waals surface area contributed by atoms with Crippen LogP contribution in [0.3, 0.4) is 0 Å². The average Bonchev–Trinajstić information content (AvgIpc) is 2.42. The smallest absolute Gasteiger partial charge is 0.257 e. The molecule has 6 nitrogen and oxygen atoms in total. The summed E-state index contributed by atoms with van der Waals surface area (Å²) in [7, 11) is 0. The summed E-state index contributed by atoms with van der Waals surface area (Å²) in [6.07, 6.45) is 1.86. The van der Waals surface area contributed by atoms with Gasteiger partial charge >= 0.3 is 0 Å². The zero-order chi connectivity index (χ0) is 15.1. The van der Waals surface area contributed by atoms with Gasteiger partial charge in [-0.25, -0.2) is 10.8 Å². The number of anilines is 1. The van der Waals surface area contributed by atoms with Crippen molar-refractivity contribution in [3.05, 3.63) is 22.3 Å². The van der Waals surface area contributed by atoms with Crippen molar-refractivity contribution in [3.63, 3.8) is 0 Å². The minimum absolute atomic E-state index is 0.185. The topological polar surface area (TPSA) is 95.0 Å².